The van der Waals surface area contributed by atoms with Gasteiger partial charge in [0.05, 0.1) is 13.7 Å². The summed E-state index contributed by atoms with van der Waals surface area (Å²) >= 11 is 0. The molecule has 7 nitrogen and oxygen atoms in total. The van der Waals surface area contributed by atoms with Crippen LogP contribution in [0.5, 0.6) is 11.5 Å². The van der Waals surface area contributed by atoms with Crippen LogP contribution >= 0.6 is 0 Å². The first-order valence-electron chi connectivity index (χ1n) is 10.3. The molecule has 2 N–H and O–H groups in total. The average molecular weight is 411 g/mol. The second-order valence-corrected chi connectivity index (χ2v) is 7.08. The monoisotopic (exact) mass is 410 g/mol. The van der Waals surface area contributed by atoms with Crippen molar-refractivity contribution in [3.8, 4) is 11.5 Å². The highest BCUT2D eigenvalue weighted by molar-refractivity contribution is 5.93. The molecule has 160 valence electrons. The summed E-state index contributed by atoms with van der Waals surface area (Å²) in [7, 11) is 3.36. The van der Waals surface area contributed by atoms with Gasteiger partial charge in [-0.25, -0.2) is 0 Å². The minimum Gasteiger partial charge on any atom is -0.493 e. The number of carbonyl (C=O) groups is 1. The summed E-state index contributed by atoms with van der Waals surface area (Å²) in [6.07, 6.45) is 1.64. The Hall–Kier alpha value is -3.22. The lowest BCUT2D eigenvalue weighted by atomic mass is 10.1. The lowest BCUT2D eigenvalue weighted by molar-refractivity contribution is -0.128. The van der Waals surface area contributed by atoms with Crippen LogP contribution in [-0.4, -0.2) is 44.1 Å². The third-order valence-electron chi connectivity index (χ3n) is 4.98. The molecule has 0 saturated carbocycles. The van der Waals surface area contributed by atoms with Crippen molar-refractivity contribution in [1.82, 2.24) is 10.2 Å². The highest BCUT2D eigenvalue weighted by Gasteiger charge is 2.19. The number of amides is 1. The number of hydrogen-bond donors (Lipinski definition) is 2. The number of nitrogens with zero attached hydrogens (tertiary/aromatic N) is 2. The lowest BCUT2D eigenvalue weighted by Crippen LogP contribution is -2.30. The molecule has 0 unspecified atom stereocenters. The van der Waals surface area contributed by atoms with Gasteiger partial charge in [0.15, 0.2) is 17.5 Å². The number of benzene rings is 2. The first-order chi connectivity index (χ1) is 14.6. The summed E-state index contributed by atoms with van der Waals surface area (Å²) in [5.41, 5.74) is 3.14. The summed E-state index contributed by atoms with van der Waals surface area (Å²) in [4.78, 5) is 18.0. The number of ether oxygens (including phenoxy) is 2. The van der Waals surface area contributed by atoms with Gasteiger partial charge in [0.25, 0.3) is 0 Å². The van der Waals surface area contributed by atoms with Crippen molar-refractivity contribution in [1.29, 1.82) is 0 Å². The number of likely N-dealkylation sites (tertiary alicyclic amines) is 1. The number of methoxy groups -OCH3 is 1. The topological polar surface area (TPSA) is 75.2 Å². The third-order valence-corrected chi connectivity index (χ3v) is 4.98. The van der Waals surface area contributed by atoms with Gasteiger partial charge in [-0.15, -0.1) is 0 Å². The van der Waals surface area contributed by atoms with Gasteiger partial charge >= 0.3 is 0 Å². The van der Waals surface area contributed by atoms with E-state index in [0.717, 1.165) is 29.8 Å². The van der Waals surface area contributed by atoms with Gasteiger partial charge in [0.1, 0.15) is 0 Å². The Kier molecular flexibility index (Phi) is 7.54. The molecule has 1 fully saturated rings. The van der Waals surface area contributed by atoms with Gasteiger partial charge in [-0.3, -0.25) is 9.79 Å². The fraction of sp³-hybridized carbons (Fsp3) is 0.391. The smallest absolute Gasteiger partial charge is 0.222 e. The molecule has 0 spiro atoms. The average Bonchev–Trinajstić information content (AvgIpc) is 3.17. The van der Waals surface area contributed by atoms with Crippen LogP contribution in [0.1, 0.15) is 30.9 Å². The van der Waals surface area contributed by atoms with Crippen molar-refractivity contribution in [2.45, 2.75) is 32.9 Å². The summed E-state index contributed by atoms with van der Waals surface area (Å²) in [6, 6.07) is 14.0. The van der Waals surface area contributed by atoms with Gasteiger partial charge in [-0.2, -0.15) is 0 Å². The number of nitrogens with one attached hydrogen (secondary N) is 2. The highest BCUT2D eigenvalue weighted by Crippen LogP contribution is 2.30. The fourth-order valence-corrected chi connectivity index (χ4v) is 3.38. The van der Waals surface area contributed by atoms with E-state index in [1.165, 1.54) is 0 Å². The molecule has 1 heterocycles. The first-order valence-corrected chi connectivity index (χ1v) is 10.3. The Morgan fingerprint density at radius 3 is 2.53 bits per heavy atom. The molecule has 30 heavy (non-hydrogen) atoms. The van der Waals surface area contributed by atoms with E-state index in [9.17, 15) is 4.79 Å². The number of aliphatic imine (C=N–C) groups is 1. The molecule has 1 saturated heterocycles. The van der Waals surface area contributed by atoms with E-state index in [0.29, 0.717) is 43.6 Å². The Morgan fingerprint density at radius 2 is 1.90 bits per heavy atom. The van der Waals surface area contributed by atoms with Gasteiger partial charge in [0.2, 0.25) is 5.91 Å². The zero-order valence-corrected chi connectivity index (χ0v) is 17.9. The molecule has 0 aliphatic carbocycles. The SMILES string of the molecule is CCOc1ccc(NC(=NC)NCc2ccc(CN3CCCC3=O)cc2)cc1OC. The molecule has 0 bridgehead atoms. The molecule has 1 amide bonds. The van der Waals surface area contributed by atoms with Crippen molar-refractivity contribution in [3.63, 3.8) is 0 Å². The molecule has 1 aliphatic heterocycles. The maximum Gasteiger partial charge on any atom is 0.222 e. The fourth-order valence-electron chi connectivity index (χ4n) is 3.38. The Labute approximate surface area is 178 Å². The van der Waals surface area contributed by atoms with Gasteiger partial charge in [-0.05, 0) is 36.6 Å². The third kappa shape index (κ3) is 5.65. The minimum atomic E-state index is 0.251. The summed E-state index contributed by atoms with van der Waals surface area (Å²) in [6.45, 7) is 4.71. The van der Waals surface area contributed by atoms with E-state index in [4.69, 9.17) is 9.47 Å². The summed E-state index contributed by atoms with van der Waals surface area (Å²) in [5.74, 6) is 2.29. The zero-order valence-electron chi connectivity index (χ0n) is 17.9. The van der Waals surface area contributed by atoms with Crippen LogP contribution in [0, 0.1) is 0 Å². The van der Waals surface area contributed by atoms with E-state index in [1.54, 1.807) is 14.2 Å². The standard InChI is InChI=1S/C23H30N4O3/c1-4-30-20-12-11-19(14-21(20)29-3)26-23(24-2)25-15-17-7-9-18(10-8-17)16-27-13-5-6-22(27)28/h7-12,14H,4-6,13,15-16H2,1-3H3,(H2,24,25,26). The van der Waals surface area contributed by atoms with E-state index in [1.807, 2.05) is 30.0 Å². The molecule has 3 rings (SSSR count). The molecule has 1 aliphatic rings. The van der Waals surface area contributed by atoms with Crippen molar-refractivity contribution in [3.05, 3.63) is 53.6 Å². The van der Waals surface area contributed by atoms with Crippen molar-refractivity contribution in [2.75, 3.05) is 32.6 Å². The second kappa shape index (κ2) is 10.5. The molecule has 0 radical (unpaired) electrons. The number of anilines is 1. The van der Waals surface area contributed by atoms with Gasteiger partial charge in [-0.1, -0.05) is 24.3 Å². The van der Waals surface area contributed by atoms with Crippen LogP contribution in [0.4, 0.5) is 5.69 Å². The maximum absolute atomic E-state index is 11.8. The normalized spacial score (nSPS) is 14.0. The second-order valence-electron chi connectivity index (χ2n) is 7.08. The largest absolute Gasteiger partial charge is 0.493 e. The van der Waals surface area contributed by atoms with Crippen LogP contribution in [0.3, 0.4) is 0 Å². The van der Waals surface area contributed by atoms with E-state index >= 15 is 0 Å². The van der Waals surface area contributed by atoms with Crippen LogP contribution < -0.4 is 20.1 Å². The number of hydrogen-bond acceptors (Lipinski definition) is 4. The van der Waals surface area contributed by atoms with Crippen LogP contribution in [0.15, 0.2) is 47.5 Å². The van der Waals surface area contributed by atoms with Crippen LogP contribution in [0.2, 0.25) is 0 Å². The van der Waals surface area contributed by atoms with Crippen molar-refractivity contribution >= 4 is 17.6 Å². The van der Waals surface area contributed by atoms with Crippen molar-refractivity contribution < 1.29 is 14.3 Å². The van der Waals surface area contributed by atoms with Crippen molar-refractivity contribution in [2.24, 2.45) is 4.99 Å². The van der Waals surface area contributed by atoms with Gasteiger partial charge in [0, 0.05) is 44.9 Å². The molecule has 2 aromatic carbocycles. The molecule has 0 atom stereocenters. The highest BCUT2D eigenvalue weighted by atomic mass is 16.5. The quantitative estimate of drug-likeness (QED) is 0.515. The molecular weight excluding hydrogens is 380 g/mol. The zero-order chi connectivity index (χ0) is 21.3. The van der Waals surface area contributed by atoms with E-state index < -0.39 is 0 Å². The van der Waals surface area contributed by atoms with E-state index in [-0.39, 0.29) is 5.91 Å². The molecule has 2 aromatic rings. The van der Waals surface area contributed by atoms with Crippen LogP contribution in [-0.2, 0) is 17.9 Å². The lowest BCUT2D eigenvalue weighted by Gasteiger charge is -2.16. The molecule has 7 heteroatoms. The van der Waals surface area contributed by atoms with Crippen LogP contribution in [0.25, 0.3) is 0 Å². The number of rotatable bonds is 8. The predicted molar refractivity (Wildman–Crippen MR) is 119 cm³/mol. The molecule has 0 aromatic heterocycles. The minimum absolute atomic E-state index is 0.251. The predicted octanol–water partition coefficient (Wildman–Crippen LogP) is 3.40. The Morgan fingerprint density at radius 1 is 1.13 bits per heavy atom. The Bertz CT molecular complexity index is 881. The summed E-state index contributed by atoms with van der Waals surface area (Å²) < 4.78 is 11.0. The molecular formula is C23H30N4O3. The van der Waals surface area contributed by atoms with E-state index in [2.05, 4.69) is 39.9 Å². The first kappa shape index (κ1) is 21.5. The van der Waals surface area contributed by atoms with Gasteiger partial charge < -0.3 is 25.0 Å². The summed E-state index contributed by atoms with van der Waals surface area (Å²) in [5, 5.41) is 6.58. The maximum atomic E-state index is 11.8. The number of carbonyl (C=O) groups excluding carboxylic acids is 1. The Balaban J connectivity index is 1.54. The number of guanidine groups is 1.